The molecule has 4 unspecified atom stereocenters. The first-order valence-corrected chi connectivity index (χ1v) is 12.4. The van der Waals surface area contributed by atoms with E-state index >= 15 is 0 Å². The number of primary amides is 1. The smallest absolute Gasteiger partial charge is 0.326 e. The van der Waals surface area contributed by atoms with Crippen LogP contribution in [0.15, 0.2) is 29.3 Å². The second-order valence-corrected chi connectivity index (χ2v) is 9.25. The Balaban J connectivity index is 2.15. The number of aliphatic imine (C=N–C) groups is 1. The highest BCUT2D eigenvalue weighted by molar-refractivity contribution is 5.95. The van der Waals surface area contributed by atoms with Gasteiger partial charge >= 0.3 is 5.97 Å². The van der Waals surface area contributed by atoms with Crippen molar-refractivity contribution in [3.8, 4) is 5.75 Å². The average Bonchev–Trinajstić information content (AvgIpc) is 3.36. The molecule has 0 saturated carbocycles. The summed E-state index contributed by atoms with van der Waals surface area (Å²) >= 11 is 0. The number of phenolic OH excluding ortho intramolecular Hbond substituents is 1. The van der Waals surface area contributed by atoms with Crippen molar-refractivity contribution >= 4 is 35.6 Å². The summed E-state index contributed by atoms with van der Waals surface area (Å²) < 4.78 is 0. The zero-order valence-electron chi connectivity index (χ0n) is 21.4. The van der Waals surface area contributed by atoms with Gasteiger partial charge in [0.2, 0.25) is 23.6 Å². The third kappa shape index (κ3) is 9.77. The van der Waals surface area contributed by atoms with Crippen molar-refractivity contribution in [2.45, 2.75) is 62.7 Å². The minimum Gasteiger partial charge on any atom is -0.508 e. The van der Waals surface area contributed by atoms with Crippen molar-refractivity contribution in [1.29, 1.82) is 0 Å². The van der Waals surface area contributed by atoms with E-state index in [0.717, 1.165) is 0 Å². The summed E-state index contributed by atoms with van der Waals surface area (Å²) in [4.78, 5) is 67.1. The third-order valence-electron chi connectivity index (χ3n) is 6.15. The number of aromatic hydroxyl groups is 1. The molecule has 1 heterocycles. The summed E-state index contributed by atoms with van der Waals surface area (Å²) in [5.74, 6) is -4.31. The van der Waals surface area contributed by atoms with Crippen molar-refractivity contribution < 1.29 is 34.2 Å². The number of rotatable bonds is 14. The van der Waals surface area contributed by atoms with Crippen LogP contribution >= 0.6 is 0 Å². The van der Waals surface area contributed by atoms with Gasteiger partial charge in [0.1, 0.15) is 23.9 Å². The van der Waals surface area contributed by atoms with Gasteiger partial charge in [0.25, 0.3) is 0 Å². The maximum absolute atomic E-state index is 13.5. The number of hydrogen-bond donors (Lipinski definition) is 8. The molecule has 15 nitrogen and oxygen atoms in total. The summed E-state index contributed by atoms with van der Waals surface area (Å²) in [6.07, 6.45) is 0.724. The highest BCUT2D eigenvalue weighted by Crippen LogP contribution is 2.20. The number of likely N-dealkylation sites (tertiary alicyclic amines) is 1. The number of carbonyl (C=O) groups is 5. The maximum Gasteiger partial charge on any atom is 0.326 e. The van der Waals surface area contributed by atoms with E-state index in [1.807, 2.05) is 0 Å². The normalized spacial score (nSPS) is 16.9. The van der Waals surface area contributed by atoms with Crippen LogP contribution in [0.3, 0.4) is 0 Å². The molecule has 0 spiro atoms. The van der Waals surface area contributed by atoms with Gasteiger partial charge in [-0.25, -0.2) is 4.79 Å². The van der Waals surface area contributed by atoms with E-state index in [1.165, 1.54) is 17.0 Å². The number of amides is 4. The molecule has 0 aliphatic carbocycles. The van der Waals surface area contributed by atoms with E-state index in [9.17, 15) is 34.2 Å². The Morgan fingerprint density at radius 3 is 2.31 bits per heavy atom. The molecule has 0 aromatic heterocycles. The zero-order valence-corrected chi connectivity index (χ0v) is 21.4. The van der Waals surface area contributed by atoms with Gasteiger partial charge in [-0.2, -0.15) is 0 Å². The lowest BCUT2D eigenvalue weighted by molar-refractivity contribution is -0.146. The van der Waals surface area contributed by atoms with Crippen LogP contribution in [-0.2, 0) is 30.4 Å². The number of nitrogens with two attached hydrogens (primary N) is 4. The topological polar surface area (TPSA) is 270 Å². The molecule has 1 aliphatic heterocycles. The lowest BCUT2D eigenvalue weighted by Crippen LogP contribution is -2.57. The molecule has 39 heavy (non-hydrogen) atoms. The molecule has 1 aromatic carbocycles. The minimum absolute atomic E-state index is 0.0664. The van der Waals surface area contributed by atoms with Gasteiger partial charge in [-0.15, -0.1) is 0 Å². The first-order valence-electron chi connectivity index (χ1n) is 12.4. The summed E-state index contributed by atoms with van der Waals surface area (Å²) in [5.41, 5.74) is 22.5. The number of nitrogens with one attached hydrogen (secondary N) is 2. The predicted octanol–water partition coefficient (Wildman–Crippen LogP) is -2.76. The van der Waals surface area contributed by atoms with E-state index in [2.05, 4.69) is 15.6 Å². The molecule has 4 atom stereocenters. The van der Waals surface area contributed by atoms with Crippen LogP contribution in [0.1, 0.15) is 37.7 Å². The number of carboxylic acid groups (broad SMARTS) is 1. The third-order valence-corrected chi connectivity index (χ3v) is 6.15. The maximum atomic E-state index is 13.5. The fraction of sp³-hybridized carbons (Fsp3) is 0.500. The quantitative estimate of drug-likeness (QED) is 0.0673. The average molecular weight is 549 g/mol. The highest BCUT2D eigenvalue weighted by Gasteiger charge is 2.39. The summed E-state index contributed by atoms with van der Waals surface area (Å²) in [6.45, 7) is 0.392. The Morgan fingerprint density at radius 2 is 1.72 bits per heavy atom. The molecule has 2 rings (SSSR count). The molecular weight excluding hydrogens is 512 g/mol. The predicted molar refractivity (Wildman–Crippen MR) is 140 cm³/mol. The monoisotopic (exact) mass is 548 g/mol. The van der Waals surface area contributed by atoms with Crippen LogP contribution in [-0.4, -0.2) is 87.9 Å². The number of nitrogens with zero attached hydrogens (tertiary/aromatic N) is 2. The number of phenols is 1. The second kappa shape index (κ2) is 14.5. The van der Waals surface area contributed by atoms with Crippen LogP contribution < -0.4 is 33.6 Å². The fourth-order valence-corrected chi connectivity index (χ4v) is 4.19. The van der Waals surface area contributed by atoms with Crippen molar-refractivity contribution in [1.82, 2.24) is 15.5 Å². The van der Waals surface area contributed by atoms with Gasteiger partial charge in [-0.3, -0.25) is 24.2 Å². The van der Waals surface area contributed by atoms with Gasteiger partial charge in [-0.05, 0) is 49.8 Å². The molecule has 15 heteroatoms. The molecule has 0 bridgehead atoms. The Hall–Kier alpha value is -4.40. The first-order chi connectivity index (χ1) is 18.4. The van der Waals surface area contributed by atoms with Crippen molar-refractivity contribution in [2.24, 2.45) is 27.9 Å². The lowest BCUT2D eigenvalue weighted by atomic mass is 10.0. The molecule has 0 radical (unpaired) electrons. The Bertz CT molecular complexity index is 1070. The molecule has 214 valence electrons. The second-order valence-electron chi connectivity index (χ2n) is 9.25. The summed E-state index contributed by atoms with van der Waals surface area (Å²) in [7, 11) is 0. The van der Waals surface area contributed by atoms with E-state index in [0.29, 0.717) is 18.4 Å². The van der Waals surface area contributed by atoms with Crippen molar-refractivity contribution in [2.75, 3.05) is 13.1 Å². The summed E-state index contributed by atoms with van der Waals surface area (Å²) in [6, 6.07) is 1.56. The summed E-state index contributed by atoms with van der Waals surface area (Å²) in [5, 5.41) is 23.7. The van der Waals surface area contributed by atoms with Gasteiger partial charge in [-0.1, -0.05) is 12.1 Å². The minimum atomic E-state index is -1.54. The van der Waals surface area contributed by atoms with Crippen molar-refractivity contribution in [3.05, 3.63) is 29.8 Å². The van der Waals surface area contributed by atoms with Crippen LogP contribution in [0.4, 0.5) is 0 Å². The molecule has 12 N–H and O–H groups in total. The SMILES string of the molecule is NC(=O)CC(NC(=O)C1CCCN1C(=O)C(CCCN=C(N)N)NC(=O)C(N)Cc1ccc(O)cc1)C(=O)O. The number of benzene rings is 1. The highest BCUT2D eigenvalue weighted by atomic mass is 16.4. The molecule has 1 fully saturated rings. The lowest BCUT2D eigenvalue weighted by Gasteiger charge is -2.30. The van der Waals surface area contributed by atoms with E-state index in [-0.39, 0.29) is 44.1 Å². The van der Waals surface area contributed by atoms with Crippen LogP contribution in [0.2, 0.25) is 0 Å². The van der Waals surface area contributed by atoms with Crippen molar-refractivity contribution in [3.63, 3.8) is 0 Å². The number of hydrogen-bond acceptors (Lipinski definition) is 8. The Kier molecular flexibility index (Phi) is 11.5. The van der Waals surface area contributed by atoms with Gasteiger partial charge in [0, 0.05) is 13.1 Å². The molecule has 1 aromatic rings. The van der Waals surface area contributed by atoms with Crippen LogP contribution in [0, 0.1) is 0 Å². The standard InChI is InChI=1S/C24H36N8O7/c25-15(11-13-5-7-14(33)8-6-13)20(35)30-16(3-1-9-29-24(27)28)22(37)32-10-2-4-18(32)21(36)31-17(23(38)39)12-19(26)34/h5-8,15-18,33H,1-4,9-12,25H2,(H2,26,34)(H,30,35)(H,31,36)(H,38,39)(H4,27,28,29). The largest absolute Gasteiger partial charge is 0.508 e. The first kappa shape index (κ1) is 30.8. The number of carbonyl (C=O) groups excluding carboxylic acids is 4. The number of guanidine groups is 1. The zero-order chi connectivity index (χ0) is 29.1. The fourth-order valence-electron chi connectivity index (χ4n) is 4.19. The number of aliphatic carboxylic acids is 1. The van der Waals surface area contributed by atoms with Gasteiger partial charge in [0.15, 0.2) is 5.96 Å². The Labute approximate surface area is 225 Å². The number of carboxylic acids is 1. The van der Waals surface area contributed by atoms with Crippen LogP contribution in [0.25, 0.3) is 0 Å². The van der Waals surface area contributed by atoms with E-state index < -0.39 is 60.2 Å². The van der Waals surface area contributed by atoms with E-state index in [1.54, 1.807) is 12.1 Å². The van der Waals surface area contributed by atoms with E-state index in [4.69, 9.17) is 22.9 Å². The molecule has 1 aliphatic rings. The Morgan fingerprint density at radius 1 is 1.05 bits per heavy atom. The van der Waals surface area contributed by atoms with Gasteiger partial charge in [0.05, 0.1) is 12.5 Å². The molecule has 4 amide bonds. The van der Waals surface area contributed by atoms with Gasteiger partial charge < -0.3 is 48.7 Å². The molecule has 1 saturated heterocycles. The molecular formula is C24H36N8O7. The van der Waals surface area contributed by atoms with Crippen LogP contribution in [0.5, 0.6) is 5.75 Å².